The van der Waals surface area contributed by atoms with Crippen LogP contribution in [0.2, 0.25) is 0 Å². The molecule has 0 N–H and O–H groups in total. The zero-order chi connectivity index (χ0) is 18.4. The van der Waals surface area contributed by atoms with Crippen molar-refractivity contribution in [1.29, 1.82) is 0 Å². The van der Waals surface area contributed by atoms with Crippen LogP contribution < -0.4 is 0 Å². The van der Waals surface area contributed by atoms with Gasteiger partial charge in [-0.25, -0.2) is 0 Å². The van der Waals surface area contributed by atoms with Crippen molar-refractivity contribution < 1.29 is 0 Å². The molecule has 0 radical (unpaired) electrons. The molecule has 1 unspecified atom stereocenters. The number of aryl methyl sites for hydroxylation is 1. The number of hydrogen-bond donors (Lipinski definition) is 0. The van der Waals surface area contributed by atoms with Crippen molar-refractivity contribution in [2.75, 3.05) is 0 Å². The van der Waals surface area contributed by atoms with Gasteiger partial charge in [-0.15, -0.1) is 0 Å². The summed E-state index contributed by atoms with van der Waals surface area (Å²) in [5.74, 6) is 0.598. The molecule has 0 spiro atoms. The molecular weight excluding hydrogens is 324 g/mol. The van der Waals surface area contributed by atoms with Gasteiger partial charge in [0.1, 0.15) is 0 Å². The molecule has 2 aromatic rings. The van der Waals surface area contributed by atoms with Gasteiger partial charge in [0.2, 0.25) is 0 Å². The summed E-state index contributed by atoms with van der Waals surface area (Å²) in [6, 6.07) is 14.1. The van der Waals surface area contributed by atoms with E-state index in [1.807, 2.05) is 0 Å². The van der Waals surface area contributed by atoms with Gasteiger partial charge in [0.25, 0.3) is 0 Å². The average molecular weight is 351 g/mol. The Morgan fingerprint density at radius 3 is 2.67 bits per heavy atom. The van der Waals surface area contributed by atoms with Gasteiger partial charge in [-0.2, -0.15) is 0 Å². The van der Waals surface area contributed by atoms with E-state index in [1.54, 1.807) is 5.57 Å². The van der Waals surface area contributed by atoms with Crippen molar-refractivity contribution in [2.45, 2.75) is 45.4 Å². The zero-order valence-electron chi connectivity index (χ0n) is 16.3. The Kier molecular flexibility index (Phi) is 4.01. The third-order valence-corrected chi connectivity index (χ3v) is 6.47. The van der Waals surface area contributed by atoms with E-state index in [9.17, 15) is 0 Å². The maximum absolute atomic E-state index is 2.45. The highest BCUT2D eigenvalue weighted by atomic mass is 14.3. The minimum Gasteiger partial charge on any atom is -0.0836 e. The Hall–Kier alpha value is -2.60. The maximum atomic E-state index is 2.45. The van der Waals surface area contributed by atoms with E-state index in [1.165, 1.54) is 57.4 Å². The molecule has 134 valence electrons. The van der Waals surface area contributed by atoms with Crippen molar-refractivity contribution >= 4 is 5.57 Å². The second kappa shape index (κ2) is 6.53. The maximum Gasteiger partial charge on any atom is 0.00922 e. The summed E-state index contributed by atoms with van der Waals surface area (Å²) in [5, 5.41) is 0. The Morgan fingerprint density at radius 1 is 0.926 bits per heavy atom. The van der Waals surface area contributed by atoms with Crippen LogP contribution in [0, 0.1) is 6.92 Å². The monoisotopic (exact) mass is 350 g/mol. The minimum atomic E-state index is 0.598. The molecule has 0 saturated heterocycles. The lowest BCUT2D eigenvalue weighted by atomic mass is 9.87. The van der Waals surface area contributed by atoms with Gasteiger partial charge in [-0.1, -0.05) is 71.9 Å². The van der Waals surface area contributed by atoms with Crippen molar-refractivity contribution in [3.05, 3.63) is 100 Å². The summed E-state index contributed by atoms with van der Waals surface area (Å²) >= 11 is 0. The number of fused-ring (bicyclic) bond motifs is 3. The Morgan fingerprint density at radius 2 is 1.78 bits per heavy atom. The van der Waals surface area contributed by atoms with E-state index in [2.05, 4.69) is 80.6 Å². The lowest BCUT2D eigenvalue weighted by molar-refractivity contribution is 0.822. The van der Waals surface area contributed by atoms with Gasteiger partial charge < -0.3 is 0 Å². The average Bonchev–Trinajstić information content (AvgIpc) is 3.07. The summed E-state index contributed by atoms with van der Waals surface area (Å²) in [7, 11) is 0. The SMILES string of the molecule is CC1=C(c2cc(-c3ccc4c(c3)C3CC=CC=C3C4)ccc2C)C=CCC1. The summed E-state index contributed by atoms with van der Waals surface area (Å²) in [6.45, 7) is 4.51. The van der Waals surface area contributed by atoms with Crippen LogP contribution in [0.5, 0.6) is 0 Å². The van der Waals surface area contributed by atoms with E-state index in [-0.39, 0.29) is 0 Å². The molecule has 3 aliphatic carbocycles. The predicted octanol–water partition coefficient (Wildman–Crippen LogP) is 7.31. The molecule has 2 aromatic carbocycles. The smallest absolute Gasteiger partial charge is 0.00922 e. The van der Waals surface area contributed by atoms with E-state index in [0.717, 1.165) is 12.8 Å². The normalized spacial score (nSPS) is 20.5. The first-order chi connectivity index (χ1) is 13.2. The van der Waals surface area contributed by atoms with Crippen LogP contribution in [0.15, 0.2) is 77.9 Å². The predicted molar refractivity (Wildman–Crippen MR) is 116 cm³/mol. The second-order valence-corrected chi connectivity index (χ2v) is 8.21. The van der Waals surface area contributed by atoms with Crippen molar-refractivity contribution in [1.82, 2.24) is 0 Å². The summed E-state index contributed by atoms with van der Waals surface area (Å²) in [5.41, 5.74) is 13.0. The van der Waals surface area contributed by atoms with Crippen molar-refractivity contribution in [3.8, 4) is 11.1 Å². The van der Waals surface area contributed by atoms with Crippen molar-refractivity contribution in [2.24, 2.45) is 0 Å². The highest BCUT2D eigenvalue weighted by Crippen LogP contribution is 2.43. The van der Waals surface area contributed by atoms with E-state index in [4.69, 9.17) is 0 Å². The third kappa shape index (κ3) is 2.84. The molecule has 3 aliphatic rings. The first-order valence-electron chi connectivity index (χ1n) is 10.2. The molecule has 0 amide bonds. The van der Waals surface area contributed by atoms with Crippen LogP contribution in [0.1, 0.15) is 54.4 Å². The zero-order valence-corrected chi connectivity index (χ0v) is 16.3. The van der Waals surface area contributed by atoms with Gasteiger partial charge in [0.15, 0.2) is 0 Å². The molecule has 0 bridgehead atoms. The fourth-order valence-electron chi connectivity index (χ4n) is 4.85. The van der Waals surface area contributed by atoms with Crippen LogP contribution in [-0.2, 0) is 6.42 Å². The second-order valence-electron chi connectivity index (χ2n) is 8.21. The molecule has 0 heterocycles. The standard InChI is InChI=1S/C27H26/c1-18-7-3-5-9-24(18)26-16-20(12-11-19(26)2)21-13-14-23-15-22-8-4-6-10-25(22)27(23)17-21/h4-6,8-9,11-14,16-17,25H,3,7,10,15H2,1-2H3. The molecular formula is C27H26. The Labute approximate surface area is 162 Å². The molecule has 1 atom stereocenters. The minimum absolute atomic E-state index is 0.598. The fourth-order valence-corrected chi connectivity index (χ4v) is 4.85. The van der Waals surface area contributed by atoms with Gasteiger partial charge in [0, 0.05) is 5.92 Å². The number of allylic oxidation sites excluding steroid dienone is 8. The van der Waals surface area contributed by atoms with Crippen LogP contribution in [-0.4, -0.2) is 0 Å². The molecule has 0 aromatic heterocycles. The summed E-state index contributed by atoms with van der Waals surface area (Å²) in [4.78, 5) is 0. The molecule has 0 aliphatic heterocycles. The lowest BCUT2D eigenvalue weighted by Crippen LogP contribution is -1.98. The third-order valence-electron chi connectivity index (χ3n) is 6.47. The Bertz CT molecular complexity index is 1040. The van der Waals surface area contributed by atoms with Gasteiger partial charge in [-0.05, 0) is 84.6 Å². The molecule has 5 rings (SSSR count). The largest absolute Gasteiger partial charge is 0.0836 e. The molecule has 0 saturated carbocycles. The van der Waals surface area contributed by atoms with Crippen LogP contribution in [0.25, 0.3) is 16.7 Å². The van der Waals surface area contributed by atoms with Crippen LogP contribution in [0.3, 0.4) is 0 Å². The van der Waals surface area contributed by atoms with Crippen molar-refractivity contribution in [3.63, 3.8) is 0 Å². The highest BCUT2D eigenvalue weighted by Gasteiger charge is 2.27. The summed E-state index contributed by atoms with van der Waals surface area (Å²) in [6.07, 6.45) is 16.1. The van der Waals surface area contributed by atoms with E-state index < -0.39 is 0 Å². The van der Waals surface area contributed by atoms with Gasteiger partial charge in [-0.3, -0.25) is 0 Å². The molecule has 27 heavy (non-hydrogen) atoms. The first kappa shape index (κ1) is 16.6. The Balaban J connectivity index is 1.57. The van der Waals surface area contributed by atoms with Gasteiger partial charge >= 0.3 is 0 Å². The summed E-state index contributed by atoms with van der Waals surface area (Å²) < 4.78 is 0. The van der Waals surface area contributed by atoms with Crippen LogP contribution >= 0.6 is 0 Å². The molecule has 0 fully saturated rings. The fraction of sp³-hybridized carbons (Fsp3) is 0.259. The lowest BCUT2D eigenvalue weighted by Gasteiger charge is -2.17. The quantitative estimate of drug-likeness (QED) is 0.532. The van der Waals surface area contributed by atoms with Gasteiger partial charge in [0.05, 0.1) is 0 Å². The number of benzene rings is 2. The highest BCUT2D eigenvalue weighted by molar-refractivity contribution is 5.82. The molecule has 0 nitrogen and oxygen atoms in total. The number of hydrogen-bond acceptors (Lipinski definition) is 0. The van der Waals surface area contributed by atoms with E-state index in [0.29, 0.717) is 5.92 Å². The number of rotatable bonds is 2. The topological polar surface area (TPSA) is 0 Å². The first-order valence-corrected chi connectivity index (χ1v) is 10.2. The molecule has 0 heteroatoms. The van der Waals surface area contributed by atoms with E-state index >= 15 is 0 Å². The van der Waals surface area contributed by atoms with Crippen LogP contribution in [0.4, 0.5) is 0 Å².